The fourth-order valence-electron chi connectivity index (χ4n) is 8.93. The van der Waals surface area contributed by atoms with Gasteiger partial charge in [0.2, 0.25) is 11.8 Å². The third-order valence-corrected chi connectivity index (χ3v) is 12.9. The van der Waals surface area contributed by atoms with Crippen LogP contribution in [0.5, 0.6) is 0 Å². The van der Waals surface area contributed by atoms with Crippen molar-refractivity contribution in [1.29, 1.82) is 0 Å². The van der Waals surface area contributed by atoms with Gasteiger partial charge >= 0.3 is 19.8 Å². The first-order valence-corrected chi connectivity index (χ1v) is 27.6. The number of hydrogen-bond acceptors (Lipinski definition) is 17. The Bertz CT molecular complexity index is 1570. The maximum absolute atomic E-state index is 14.0. The summed E-state index contributed by atoms with van der Waals surface area (Å²) in [6.07, 6.45) is -3.12. The monoisotopic (exact) mass is 1040 g/mol. The van der Waals surface area contributed by atoms with Crippen molar-refractivity contribution < 1.29 is 92.4 Å². The molecule has 2 aliphatic heterocycles. The molecule has 0 aliphatic carbocycles. The Morgan fingerprint density at radius 1 is 0.606 bits per heavy atom. The van der Waals surface area contributed by atoms with E-state index in [1.165, 1.54) is 51.4 Å². The third kappa shape index (κ3) is 26.6. The smallest absolute Gasteiger partial charge is 0.462 e. The summed E-state index contributed by atoms with van der Waals surface area (Å²) < 4.78 is 45.7. The Morgan fingerprint density at radius 3 is 1.62 bits per heavy atom. The van der Waals surface area contributed by atoms with Gasteiger partial charge in [-0.2, -0.15) is 0 Å². The van der Waals surface area contributed by atoms with Crippen LogP contribution in [0.1, 0.15) is 177 Å². The first-order chi connectivity index (χ1) is 33.4. The first-order valence-electron chi connectivity index (χ1n) is 26.1. The molecule has 0 saturated carbocycles. The van der Waals surface area contributed by atoms with Crippen LogP contribution in [-0.2, 0) is 52.0 Å². The molecule has 2 saturated heterocycles. The van der Waals surface area contributed by atoms with E-state index < -0.39 is 137 Å². The van der Waals surface area contributed by atoms with Crippen molar-refractivity contribution in [2.75, 3.05) is 13.2 Å². The number of aliphatic hydroxyl groups excluding tert-OH is 6. The summed E-state index contributed by atoms with van der Waals surface area (Å²) in [6.45, 7) is 11.6. The second-order valence-electron chi connectivity index (χ2n) is 20.7. The number of esters is 2. The number of aliphatic hydroxyl groups is 6. The van der Waals surface area contributed by atoms with Crippen molar-refractivity contribution in [1.82, 2.24) is 10.6 Å². The van der Waals surface area contributed by atoms with Crippen LogP contribution in [0.2, 0.25) is 0 Å². The lowest BCUT2D eigenvalue weighted by molar-refractivity contribution is -0.297. The minimum absolute atomic E-state index is 0.00837. The normalized spacial score (nSPS) is 26.3. The molecule has 2 heterocycles. The standard InChI is InChI=1S/C49H91N2O19P/c1-8-9-10-11-12-13-14-15-16-17-18-19-20-21-40(57)66-35(24-32(6)7)27-39(56)51-43-47(69-41(58)26-34(54)23-31(4)5)45(60)36(28-52)67-48(43)65-29-37-44(59)46(61)42(49(68-37)70-71(62,63)64)50-38(55)25-33(53)22-30(2)3/h30-37,42-49,52-54,59-61H,8-29H2,1-7H3,(H,50,55)(H,51,56)(H2,62,63,64)/t33-,34-,35-,36-,37-,42-,43-,44-,45-,46-,47-,48-,49-/m1/s1. The fourth-order valence-corrected chi connectivity index (χ4v) is 9.38. The highest BCUT2D eigenvalue weighted by Gasteiger charge is 2.52. The second-order valence-corrected chi connectivity index (χ2v) is 21.9. The molecule has 0 radical (unpaired) electrons. The summed E-state index contributed by atoms with van der Waals surface area (Å²) >= 11 is 0. The van der Waals surface area contributed by atoms with E-state index >= 15 is 0 Å². The zero-order chi connectivity index (χ0) is 53.3. The zero-order valence-corrected chi connectivity index (χ0v) is 44.2. The van der Waals surface area contributed by atoms with Crippen molar-refractivity contribution in [2.45, 2.75) is 256 Å². The van der Waals surface area contributed by atoms with Crippen LogP contribution in [0.15, 0.2) is 0 Å². The summed E-state index contributed by atoms with van der Waals surface area (Å²) in [7, 11) is -5.40. The number of phosphoric ester groups is 1. The molecule has 0 unspecified atom stereocenters. The molecule has 2 amide bonds. The molecular formula is C49H91N2O19P. The van der Waals surface area contributed by atoms with Gasteiger partial charge in [-0.3, -0.25) is 23.7 Å². The Kier molecular flexibility index (Phi) is 31.2. The molecule has 71 heavy (non-hydrogen) atoms. The van der Waals surface area contributed by atoms with Crippen LogP contribution >= 0.6 is 7.82 Å². The van der Waals surface area contributed by atoms with Gasteiger partial charge in [0, 0.05) is 6.42 Å². The molecule has 22 heteroatoms. The summed E-state index contributed by atoms with van der Waals surface area (Å²) in [5.41, 5.74) is 0. The molecule has 416 valence electrons. The Morgan fingerprint density at radius 2 is 1.10 bits per heavy atom. The minimum atomic E-state index is -5.40. The highest BCUT2D eigenvalue weighted by atomic mass is 31.2. The number of hydrogen-bond donors (Lipinski definition) is 10. The highest BCUT2D eigenvalue weighted by Crippen LogP contribution is 2.41. The van der Waals surface area contributed by atoms with Crippen molar-refractivity contribution in [3.8, 4) is 0 Å². The van der Waals surface area contributed by atoms with E-state index in [0.717, 1.165) is 25.7 Å². The van der Waals surface area contributed by atoms with Gasteiger partial charge in [0.15, 0.2) is 18.7 Å². The molecule has 13 atom stereocenters. The Labute approximate surface area is 421 Å². The van der Waals surface area contributed by atoms with Crippen LogP contribution in [-0.4, -0.2) is 157 Å². The summed E-state index contributed by atoms with van der Waals surface area (Å²) in [5, 5.41) is 69.8. The largest absolute Gasteiger partial charge is 0.472 e. The molecule has 0 aromatic rings. The number of amides is 2. The van der Waals surface area contributed by atoms with Crippen molar-refractivity contribution >= 4 is 31.6 Å². The van der Waals surface area contributed by atoms with Gasteiger partial charge in [-0.15, -0.1) is 0 Å². The van der Waals surface area contributed by atoms with Gasteiger partial charge in [-0.1, -0.05) is 126 Å². The predicted octanol–water partition coefficient (Wildman–Crippen LogP) is 3.94. The number of phosphoric acid groups is 1. The molecule has 0 spiro atoms. The molecule has 21 nitrogen and oxygen atoms in total. The maximum Gasteiger partial charge on any atom is 0.472 e. The Balaban J connectivity index is 2.26. The molecule has 2 aliphatic rings. The zero-order valence-electron chi connectivity index (χ0n) is 43.3. The maximum atomic E-state index is 14.0. The van der Waals surface area contributed by atoms with Crippen molar-refractivity contribution in [3.05, 3.63) is 0 Å². The number of ether oxygens (including phenoxy) is 5. The lowest BCUT2D eigenvalue weighted by atomic mass is 9.95. The molecule has 0 bridgehead atoms. The molecule has 2 rings (SSSR count). The van der Waals surface area contributed by atoms with Gasteiger partial charge in [0.25, 0.3) is 0 Å². The predicted molar refractivity (Wildman–Crippen MR) is 260 cm³/mol. The van der Waals surface area contributed by atoms with E-state index in [0.29, 0.717) is 12.8 Å². The van der Waals surface area contributed by atoms with Gasteiger partial charge in [-0.25, -0.2) is 4.57 Å². The number of rotatable bonds is 36. The lowest BCUT2D eigenvalue weighted by Gasteiger charge is -2.45. The van der Waals surface area contributed by atoms with E-state index in [4.69, 9.17) is 28.2 Å². The molecule has 10 N–H and O–H groups in total. The van der Waals surface area contributed by atoms with E-state index in [9.17, 15) is 64.2 Å². The highest BCUT2D eigenvalue weighted by molar-refractivity contribution is 7.46. The van der Waals surface area contributed by atoms with Gasteiger partial charge in [0.1, 0.15) is 48.7 Å². The molecular weight excluding hydrogens is 952 g/mol. The molecule has 0 aromatic heterocycles. The Hall–Kier alpha value is -2.37. The number of carbonyl (C=O) groups is 4. The third-order valence-electron chi connectivity index (χ3n) is 12.4. The van der Waals surface area contributed by atoms with Crippen LogP contribution in [0.25, 0.3) is 0 Å². The van der Waals surface area contributed by atoms with Crippen molar-refractivity contribution in [3.63, 3.8) is 0 Å². The van der Waals surface area contributed by atoms with Crippen molar-refractivity contribution in [2.24, 2.45) is 17.8 Å². The molecule has 2 fully saturated rings. The lowest BCUT2D eigenvalue weighted by Crippen LogP contribution is -2.67. The van der Waals surface area contributed by atoms with Crippen LogP contribution < -0.4 is 10.6 Å². The average molecular weight is 1040 g/mol. The minimum Gasteiger partial charge on any atom is -0.462 e. The summed E-state index contributed by atoms with van der Waals surface area (Å²) in [5.74, 6) is -3.03. The van der Waals surface area contributed by atoms with Gasteiger partial charge in [-0.05, 0) is 43.4 Å². The molecule has 0 aromatic carbocycles. The summed E-state index contributed by atoms with van der Waals surface area (Å²) in [4.78, 5) is 72.6. The topological polar surface area (TPSA) is 327 Å². The van der Waals surface area contributed by atoms with E-state index in [-0.39, 0.29) is 43.4 Å². The first kappa shape index (κ1) is 64.7. The second kappa shape index (κ2) is 34.2. The van der Waals surface area contributed by atoms with E-state index in [1.54, 1.807) is 0 Å². The van der Waals surface area contributed by atoms with E-state index in [1.807, 2.05) is 41.5 Å². The quantitative estimate of drug-likeness (QED) is 0.0241. The number of nitrogens with one attached hydrogen (secondary N) is 2. The SMILES string of the molecule is CCCCCCCCCCCCCCCC(=O)O[C@@H](CC(=O)N[C@H]1[C@H](OC[C@H]2O[C@H](OP(=O)(O)O)[C@H](NC(=O)C[C@H](O)CC(C)C)[C@@H](O)[C@@H]2O)O[C@H](CO)[C@@H](O)[C@@H]1OC(=O)C[C@H](O)CC(C)C)CC(C)C. The average Bonchev–Trinajstić information content (AvgIpc) is 3.24. The fraction of sp³-hybridized carbons (Fsp3) is 0.918. The van der Waals surface area contributed by atoms with Crippen LogP contribution in [0.4, 0.5) is 0 Å². The van der Waals surface area contributed by atoms with Crippen LogP contribution in [0.3, 0.4) is 0 Å². The summed E-state index contributed by atoms with van der Waals surface area (Å²) in [6, 6.07) is -3.36. The number of unbranched alkanes of at least 4 members (excludes halogenated alkanes) is 12. The van der Waals surface area contributed by atoms with Gasteiger partial charge in [0.05, 0.1) is 44.7 Å². The van der Waals surface area contributed by atoms with Gasteiger partial charge < -0.3 is 74.7 Å². The number of carbonyl (C=O) groups excluding carboxylic acids is 4. The van der Waals surface area contributed by atoms with E-state index in [2.05, 4.69) is 17.6 Å². The van der Waals surface area contributed by atoms with Crippen LogP contribution in [0, 0.1) is 17.8 Å².